The molecule has 138 valence electrons. The first-order valence-corrected chi connectivity index (χ1v) is 9.33. The Morgan fingerprint density at radius 3 is 2.59 bits per heavy atom. The normalized spacial score (nSPS) is 17.1. The van der Waals surface area contributed by atoms with Crippen molar-refractivity contribution in [1.29, 1.82) is 5.26 Å². The summed E-state index contributed by atoms with van der Waals surface area (Å²) < 4.78 is 5.46. The van der Waals surface area contributed by atoms with Gasteiger partial charge in [0.1, 0.15) is 17.4 Å². The zero-order valence-corrected chi connectivity index (χ0v) is 15.7. The van der Waals surface area contributed by atoms with Crippen LogP contribution in [0, 0.1) is 11.3 Å². The molecule has 0 amide bonds. The molecule has 1 N–H and O–H groups in total. The van der Waals surface area contributed by atoms with Gasteiger partial charge >= 0.3 is 0 Å². The van der Waals surface area contributed by atoms with Crippen LogP contribution in [-0.2, 0) is 5.41 Å². The van der Waals surface area contributed by atoms with Crippen LogP contribution >= 0.6 is 0 Å². The minimum atomic E-state index is 0.115. The second-order valence-electron chi connectivity index (χ2n) is 6.96. The summed E-state index contributed by atoms with van der Waals surface area (Å²) in [5, 5.41) is 13.3. The van der Waals surface area contributed by atoms with Crippen LogP contribution in [0.15, 0.2) is 82.2 Å². The summed E-state index contributed by atoms with van der Waals surface area (Å²) in [6.07, 6.45) is 7.80. The molecule has 4 heteroatoms. The highest BCUT2D eigenvalue weighted by Gasteiger charge is 2.35. The largest absolute Gasteiger partial charge is 0.463 e. The van der Waals surface area contributed by atoms with E-state index in [1.807, 2.05) is 6.92 Å². The Balaban J connectivity index is 1.87. The van der Waals surface area contributed by atoms with E-state index < -0.39 is 0 Å². The molecule has 4 nitrogen and oxygen atoms in total. The zero-order valence-electron chi connectivity index (χ0n) is 15.7. The number of allylic oxidation sites excluding steroid dienone is 2. The van der Waals surface area contributed by atoms with Crippen LogP contribution in [0.2, 0.25) is 0 Å². The van der Waals surface area contributed by atoms with Crippen molar-refractivity contribution in [2.75, 3.05) is 6.54 Å². The molecule has 1 heterocycles. The number of aliphatic imine (C=N–C) groups is 1. The van der Waals surface area contributed by atoms with Crippen LogP contribution in [0.1, 0.15) is 43.9 Å². The fourth-order valence-electron chi connectivity index (χ4n) is 3.87. The number of hydrogen-bond acceptors (Lipinski definition) is 4. The summed E-state index contributed by atoms with van der Waals surface area (Å²) in [4.78, 5) is 4.28. The van der Waals surface area contributed by atoms with Gasteiger partial charge in [0.25, 0.3) is 0 Å². The minimum absolute atomic E-state index is 0.115. The number of nitrogens with one attached hydrogen (secondary N) is 1. The summed E-state index contributed by atoms with van der Waals surface area (Å²) in [6.45, 7) is 6.39. The topological polar surface area (TPSA) is 61.3 Å². The van der Waals surface area contributed by atoms with Crippen LogP contribution in [0.25, 0.3) is 0 Å². The molecule has 0 aliphatic heterocycles. The molecule has 1 saturated carbocycles. The average Bonchev–Trinajstić information content (AvgIpc) is 3.40. The van der Waals surface area contributed by atoms with Gasteiger partial charge in [-0.1, -0.05) is 49.8 Å². The van der Waals surface area contributed by atoms with Gasteiger partial charge in [0.05, 0.1) is 6.26 Å². The van der Waals surface area contributed by atoms with E-state index in [1.54, 1.807) is 18.4 Å². The summed E-state index contributed by atoms with van der Waals surface area (Å²) >= 11 is 0. The molecule has 27 heavy (non-hydrogen) atoms. The fraction of sp³-hybridized carbons (Fsp3) is 0.304. The van der Waals surface area contributed by atoms with E-state index in [-0.39, 0.29) is 5.41 Å². The van der Waals surface area contributed by atoms with Gasteiger partial charge in [0.2, 0.25) is 0 Å². The van der Waals surface area contributed by atoms with Crippen molar-refractivity contribution < 1.29 is 4.42 Å². The van der Waals surface area contributed by atoms with Crippen LogP contribution in [0.5, 0.6) is 0 Å². The van der Waals surface area contributed by atoms with E-state index >= 15 is 0 Å². The Morgan fingerprint density at radius 1 is 1.26 bits per heavy atom. The smallest absolute Gasteiger partial charge is 0.153 e. The Bertz CT molecular complexity index is 864. The molecule has 0 spiro atoms. The average molecular weight is 359 g/mol. The third-order valence-electron chi connectivity index (χ3n) is 5.34. The van der Waals surface area contributed by atoms with Gasteiger partial charge in [-0.05, 0) is 37.5 Å². The molecule has 0 radical (unpaired) electrons. The maximum absolute atomic E-state index is 9.76. The van der Waals surface area contributed by atoms with Gasteiger partial charge < -0.3 is 9.73 Å². The first-order chi connectivity index (χ1) is 13.2. The maximum atomic E-state index is 9.76. The number of furan rings is 1. The number of rotatable bonds is 7. The zero-order chi connectivity index (χ0) is 19.1. The number of nitriles is 1. The molecule has 0 atom stereocenters. The van der Waals surface area contributed by atoms with E-state index in [2.05, 4.69) is 53.3 Å². The quantitative estimate of drug-likeness (QED) is 0.552. The van der Waals surface area contributed by atoms with E-state index in [4.69, 9.17) is 4.42 Å². The van der Waals surface area contributed by atoms with Crippen LogP contribution < -0.4 is 5.32 Å². The van der Waals surface area contributed by atoms with Crippen molar-refractivity contribution in [1.82, 2.24) is 5.32 Å². The lowest BCUT2D eigenvalue weighted by Crippen LogP contribution is -2.35. The molecule has 0 saturated heterocycles. The van der Waals surface area contributed by atoms with Gasteiger partial charge in [-0.2, -0.15) is 5.26 Å². The summed E-state index contributed by atoms with van der Waals surface area (Å²) in [7, 11) is 0. The minimum Gasteiger partial charge on any atom is -0.463 e. The first-order valence-electron chi connectivity index (χ1n) is 9.33. The Hall–Kier alpha value is -3.06. The molecule has 2 aromatic rings. The predicted octanol–water partition coefficient (Wildman–Crippen LogP) is 5.11. The van der Waals surface area contributed by atoms with Crippen molar-refractivity contribution >= 4 is 5.71 Å². The standard InChI is InChI=1S/C23H25N3O/c1-3-25-22(21-12-9-15-27-21)20(16-24)18(2)26-17-23(13-7-8-14-23)19-10-5-4-6-11-19/h3-6,9-12,15,26H,1,7-8,13-14,17H2,2H3/b20-18+,25-22?. The summed E-state index contributed by atoms with van der Waals surface area (Å²) in [5.41, 5.74) is 3.27. The molecular formula is C23H25N3O. The van der Waals surface area contributed by atoms with Gasteiger partial charge in [0, 0.05) is 23.9 Å². The molecule has 3 rings (SSSR count). The molecule has 1 aromatic carbocycles. The second kappa shape index (κ2) is 8.55. The molecule has 0 unspecified atom stereocenters. The van der Waals surface area contributed by atoms with Crippen molar-refractivity contribution in [2.45, 2.75) is 38.0 Å². The highest BCUT2D eigenvalue weighted by molar-refractivity contribution is 6.14. The third-order valence-corrected chi connectivity index (χ3v) is 5.34. The van der Waals surface area contributed by atoms with Crippen LogP contribution in [0.3, 0.4) is 0 Å². The van der Waals surface area contributed by atoms with Crippen LogP contribution in [0.4, 0.5) is 0 Å². The Labute approximate surface area is 160 Å². The number of benzene rings is 1. The molecule has 1 aromatic heterocycles. The lowest BCUT2D eigenvalue weighted by atomic mass is 9.78. The second-order valence-corrected chi connectivity index (χ2v) is 6.96. The summed E-state index contributed by atoms with van der Waals surface area (Å²) in [6, 6.07) is 16.6. The van der Waals surface area contributed by atoms with Gasteiger partial charge in [-0.3, -0.25) is 4.99 Å². The Morgan fingerprint density at radius 2 is 2.00 bits per heavy atom. The van der Waals surface area contributed by atoms with E-state index in [1.165, 1.54) is 24.6 Å². The van der Waals surface area contributed by atoms with Crippen LogP contribution in [-0.4, -0.2) is 12.3 Å². The van der Waals surface area contributed by atoms with Gasteiger partial charge in [-0.15, -0.1) is 0 Å². The highest BCUT2D eigenvalue weighted by atomic mass is 16.3. The van der Waals surface area contributed by atoms with Gasteiger partial charge in [-0.25, -0.2) is 0 Å². The molecular weight excluding hydrogens is 334 g/mol. The van der Waals surface area contributed by atoms with Crippen molar-refractivity contribution in [3.8, 4) is 6.07 Å². The molecule has 1 aliphatic rings. The number of nitrogens with zero attached hydrogens (tertiary/aromatic N) is 2. The first kappa shape index (κ1) is 18.7. The third kappa shape index (κ3) is 4.03. The van der Waals surface area contributed by atoms with Gasteiger partial charge in [0.15, 0.2) is 5.76 Å². The van der Waals surface area contributed by atoms with E-state index in [0.29, 0.717) is 17.0 Å². The van der Waals surface area contributed by atoms with Crippen molar-refractivity contribution in [3.05, 3.63) is 84.1 Å². The van der Waals surface area contributed by atoms with E-state index in [9.17, 15) is 5.26 Å². The monoisotopic (exact) mass is 359 g/mol. The van der Waals surface area contributed by atoms with E-state index in [0.717, 1.165) is 25.1 Å². The lowest BCUT2D eigenvalue weighted by molar-refractivity contribution is 0.422. The SMILES string of the molecule is C=CN=C(/C(C#N)=C(\C)NCC1(c2ccccc2)CCCC1)c1ccco1. The summed E-state index contributed by atoms with van der Waals surface area (Å²) in [5.74, 6) is 0.561. The molecule has 0 bridgehead atoms. The molecule has 1 aliphatic carbocycles. The number of hydrogen-bond donors (Lipinski definition) is 1. The molecule has 1 fully saturated rings. The maximum Gasteiger partial charge on any atom is 0.153 e. The fourth-order valence-corrected chi connectivity index (χ4v) is 3.87. The van der Waals surface area contributed by atoms with Crippen molar-refractivity contribution in [3.63, 3.8) is 0 Å². The highest BCUT2D eigenvalue weighted by Crippen LogP contribution is 2.40. The lowest BCUT2D eigenvalue weighted by Gasteiger charge is -2.31. The van der Waals surface area contributed by atoms with Crippen molar-refractivity contribution in [2.24, 2.45) is 4.99 Å². The Kier molecular flexibility index (Phi) is 5.93. The predicted molar refractivity (Wildman–Crippen MR) is 108 cm³/mol.